The van der Waals surface area contributed by atoms with Crippen molar-refractivity contribution in [3.63, 3.8) is 0 Å². The molecule has 0 bridgehead atoms. The molecule has 3 fully saturated rings. The van der Waals surface area contributed by atoms with Crippen LogP contribution in [-0.2, 0) is 4.79 Å². The molecule has 0 unspecified atom stereocenters. The minimum absolute atomic E-state index is 0.0629. The second-order valence-electron chi connectivity index (χ2n) is 8.38. The summed E-state index contributed by atoms with van der Waals surface area (Å²) < 4.78 is 0. The van der Waals surface area contributed by atoms with Gasteiger partial charge in [-0.25, -0.2) is 0 Å². The maximum atomic E-state index is 11.9. The van der Waals surface area contributed by atoms with E-state index in [9.17, 15) is 4.79 Å². The number of hydrogen-bond donors (Lipinski definition) is 3. The highest BCUT2D eigenvalue weighted by Crippen LogP contribution is 2.41. The molecule has 3 aliphatic rings. The van der Waals surface area contributed by atoms with Crippen molar-refractivity contribution in [1.82, 2.24) is 20.9 Å². The van der Waals surface area contributed by atoms with Gasteiger partial charge in [-0.05, 0) is 50.4 Å². The molecule has 2 heterocycles. The molecule has 1 saturated carbocycles. The second kappa shape index (κ2) is 7.67. The molecule has 0 aromatic heterocycles. The first-order valence-electron chi connectivity index (χ1n) is 10.1. The zero-order chi connectivity index (χ0) is 18.0. The van der Waals surface area contributed by atoms with Crippen molar-refractivity contribution in [1.29, 1.82) is 0 Å². The lowest BCUT2D eigenvalue weighted by Crippen LogP contribution is -2.71. The van der Waals surface area contributed by atoms with E-state index in [1.54, 1.807) is 7.05 Å². The molecule has 5 heteroatoms. The maximum absolute atomic E-state index is 11.9. The molecule has 1 aromatic carbocycles. The number of hydrogen-bond acceptors (Lipinski definition) is 4. The van der Waals surface area contributed by atoms with Crippen LogP contribution in [0.4, 0.5) is 0 Å². The number of piperidine rings is 1. The Kier molecular flexibility index (Phi) is 5.30. The topological polar surface area (TPSA) is 56.4 Å². The lowest BCUT2D eigenvalue weighted by molar-refractivity contribution is -0.125. The molecule has 0 radical (unpaired) electrons. The Hall–Kier alpha value is -1.43. The second-order valence-corrected chi connectivity index (χ2v) is 8.38. The van der Waals surface area contributed by atoms with Crippen molar-refractivity contribution in [2.45, 2.75) is 43.2 Å². The molecule has 26 heavy (non-hydrogen) atoms. The van der Waals surface area contributed by atoms with Gasteiger partial charge < -0.3 is 16.0 Å². The molecule has 2 atom stereocenters. The fraction of sp³-hybridized carbons (Fsp3) is 0.667. The van der Waals surface area contributed by atoms with Gasteiger partial charge in [0.25, 0.3) is 0 Å². The van der Waals surface area contributed by atoms with Crippen LogP contribution in [0.5, 0.6) is 0 Å². The van der Waals surface area contributed by atoms with E-state index in [0.717, 1.165) is 38.6 Å². The zero-order valence-electron chi connectivity index (χ0n) is 15.8. The molecule has 2 saturated heterocycles. The summed E-state index contributed by atoms with van der Waals surface area (Å²) in [5.74, 6) is 1.65. The van der Waals surface area contributed by atoms with Gasteiger partial charge in [0, 0.05) is 38.5 Å². The first-order valence-corrected chi connectivity index (χ1v) is 10.1. The average molecular weight is 357 g/mol. The number of nitrogens with zero attached hydrogens (tertiary/aromatic N) is 1. The molecule has 1 aromatic rings. The quantitative estimate of drug-likeness (QED) is 0.690. The van der Waals surface area contributed by atoms with Gasteiger partial charge in [0.15, 0.2) is 0 Å². The average Bonchev–Trinajstić information content (AvgIpc) is 3.44. The third kappa shape index (κ3) is 3.80. The van der Waals surface area contributed by atoms with Crippen molar-refractivity contribution >= 4 is 5.91 Å². The van der Waals surface area contributed by atoms with Gasteiger partial charge in [-0.15, -0.1) is 0 Å². The van der Waals surface area contributed by atoms with Gasteiger partial charge in [-0.2, -0.15) is 0 Å². The normalized spacial score (nSPS) is 28.3. The molecular formula is C21H32N4O. The molecule has 2 aliphatic heterocycles. The Bertz CT molecular complexity index is 608. The lowest BCUT2D eigenvalue weighted by atomic mass is 9.83. The molecule has 5 nitrogen and oxygen atoms in total. The van der Waals surface area contributed by atoms with Crippen molar-refractivity contribution in [2.24, 2.45) is 5.92 Å². The van der Waals surface area contributed by atoms with Crippen LogP contribution < -0.4 is 16.0 Å². The van der Waals surface area contributed by atoms with E-state index < -0.39 is 0 Å². The van der Waals surface area contributed by atoms with Crippen molar-refractivity contribution in [2.75, 3.05) is 39.8 Å². The van der Waals surface area contributed by atoms with E-state index in [-0.39, 0.29) is 11.4 Å². The number of likely N-dealkylation sites (tertiary alicyclic amines) is 1. The van der Waals surface area contributed by atoms with Gasteiger partial charge in [0.1, 0.15) is 0 Å². The first kappa shape index (κ1) is 18.0. The minimum atomic E-state index is 0.0629. The van der Waals surface area contributed by atoms with Gasteiger partial charge in [-0.1, -0.05) is 30.3 Å². The van der Waals surface area contributed by atoms with Gasteiger partial charge in [-0.3, -0.25) is 9.69 Å². The zero-order valence-corrected chi connectivity index (χ0v) is 15.8. The van der Waals surface area contributed by atoms with Gasteiger partial charge in [0.05, 0.1) is 5.54 Å². The van der Waals surface area contributed by atoms with Gasteiger partial charge in [0.2, 0.25) is 5.91 Å². The van der Waals surface area contributed by atoms with Crippen LogP contribution in [0.25, 0.3) is 0 Å². The summed E-state index contributed by atoms with van der Waals surface area (Å²) in [5.41, 5.74) is 1.54. The third-order valence-electron chi connectivity index (χ3n) is 6.65. The minimum Gasteiger partial charge on any atom is -0.359 e. The Balaban J connectivity index is 1.20. The molecule has 4 rings (SSSR count). The van der Waals surface area contributed by atoms with E-state index in [1.807, 2.05) is 0 Å². The predicted octanol–water partition coefficient (Wildman–Crippen LogP) is 1.32. The maximum Gasteiger partial charge on any atom is 0.221 e. The summed E-state index contributed by atoms with van der Waals surface area (Å²) in [6.45, 7) is 5.28. The summed E-state index contributed by atoms with van der Waals surface area (Å²) >= 11 is 0. The van der Waals surface area contributed by atoms with E-state index in [2.05, 4.69) is 51.2 Å². The first-order chi connectivity index (χ1) is 12.7. The molecule has 0 spiro atoms. The summed E-state index contributed by atoms with van der Waals surface area (Å²) in [7, 11) is 1.74. The lowest BCUT2D eigenvalue weighted by Gasteiger charge is -2.52. The van der Waals surface area contributed by atoms with Crippen LogP contribution in [0.3, 0.4) is 0 Å². The summed E-state index contributed by atoms with van der Waals surface area (Å²) in [6, 6.07) is 11.6. The van der Waals surface area contributed by atoms with Crippen molar-refractivity contribution in [3.05, 3.63) is 35.9 Å². The Morgan fingerprint density at radius 3 is 2.58 bits per heavy atom. The summed E-state index contributed by atoms with van der Waals surface area (Å²) in [6.07, 6.45) is 4.39. The highest BCUT2D eigenvalue weighted by molar-refractivity contribution is 5.77. The summed E-state index contributed by atoms with van der Waals surface area (Å²) in [5, 5.41) is 9.97. The number of carbonyl (C=O) groups is 1. The van der Waals surface area contributed by atoms with E-state index in [1.165, 1.54) is 24.8 Å². The Morgan fingerprint density at radius 2 is 1.96 bits per heavy atom. The molecular weight excluding hydrogens is 324 g/mol. The van der Waals surface area contributed by atoms with Crippen LogP contribution in [0.1, 0.15) is 37.2 Å². The third-order valence-corrected chi connectivity index (χ3v) is 6.65. The number of nitrogens with one attached hydrogen (secondary N) is 3. The number of benzene rings is 1. The predicted molar refractivity (Wildman–Crippen MR) is 104 cm³/mol. The number of amides is 1. The molecule has 1 amide bonds. The van der Waals surface area contributed by atoms with Crippen LogP contribution >= 0.6 is 0 Å². The fourth-order valence-corrected chi connectivity index (χ4v) is 4.68. The molecule has 142 valence electrons. The summed E-state index contributed by atoms with van der Waals surface area (Å²) in [4.78, 5) is 14.5. The monoisotopic (exact) mass is 356 g/mol. The highest BCUT2D eigenvalue weighted by Gasteiger charge is 2.45. The fourth-order valence-electron chi connectivity index (χ4n) is 4.68. The van der Waals surface area contributed by atoms with Crippen molar-refractivity contribution < 1.29 is 4.79 Å². The van der Waals surface area contributed by atoms with E-state index in [0.29, 0.717) is 18.4 Å². The highest BCUT2D eigenvalue weighted by atomic mass is 16.1. The molecule has 1 aliphatic carbocycles. The van der Waals surface area contributed by atoms with E-state index in [4.69, 9.17) is 0 Å². The van der Waals surface area contributed by atoms with Crippen LogP contribution in [0.15, 0.2) is 30.3 Å². The number of rotatable bonds is 7. The van der Waals surface area contributed by atoms with Crippen LogP contribution in [0.2, 0.25) is 0 Å². The van der Waals surface area contributed by atoms with E-state index >= 15 is 0 Å². The largest absolute Gasteiger partial charge is 0.359 e. The van der Waals surface area contributed by atoms with Crippen molar-refractivity contribution in [3.8, 4) is 0 Å². The standard InChI is InChI=1S/C21H32N4O/c1-22-20(26)12-21(14-23-15-21)25-9-7-16(8-10-25)13-24-19-11-18(19)17-5-3-2-4-6-17/h2-6,16,18-19,23-24H,7-15H2,1H3,(H,22,26)/t18-,19+/m0/s1. The Labute approximate surface area is 156 Å². The van der Waals surface area contributed by atoms with Gasteiger partial charge >= 0.3 is 0 Å². The smallest absolute Gasteiger partial charge is 0.221 e. The Morgan fingerprint density at radius 1 is 1.23 bits per heavy atom. The van der Waals surface area contributed by atoms with Crippen LogP contribution in [0, 0.1) is 5.92 Å². The molecule has 3 N–H and O–H groups in total. The number of carbonyl (C=O) groups excluding carboxylic acids is 1. The SMILES string of the molecule is CNC(=O)CC1(N2CCC(CN[C@@H]3C[C@H]3c3ccccc3)CC2)CNC1. The van der Waals surface area contributed by atoms with Crippen LogP contribution in [-0.4, -0.2) is 62.2 Å².